The number of rotatable bonds is 5. The van der Waals surface area contributed by atoms with Crippen molar-refractivity contribution in [3.05, 3.63) is 54.4 Å². The SMILES string of the molecule is CN(CC1CCCC1O)C(=O)/C=C/c1cnn(-c2ccccc2)c1. The number of hydrogen-bond acceptors (Lipinski definition) is 3. The maximum atomic E-state index is 12.2. The summed E-state index contributed by atoms with van der Waals surface area (Å²) in [6.07, 6.45) is 9.57. The van der Waals surface area contributed by atoms with E-state index >= 15 is 0 Å². The number of aliphatic hydroxyl groups is 1. The maximum Gasteiger partial charge on any atom is 0.246 e. The van der Waals surface area contributed by atoms with Gasteiger partial charge in [-0.1, -0.05) is 24.6 Å². The Labute approximate surface area is 142 Å². The van der Waals surface area contributed by atoms with Crippen LogP contribution in [0.15, 0.2) is 48.8 Å². The quantitative estimate of drug-likeness (QED) is 0.859. The standard InChI is InChI=1S/C19H23N3O2/c1-21(14-16-6-5-9-18(16)23)19(24)11-10-15-12-20-22(13-15)17-7-3-2-4-8-17/h2-4,7-8,10-13,16,18,23H,5-6,9,14H2,1H3/b11-10+. The van der Waals surface area contributed by atoms with Gasteiger partial charge in [0.1, 0.15) is 0 Å². The van der Waals surface area contributed by atoms with E-state index in [4.69, 9.17) is 0 Å². The van der Waals surface area contributed by atoms with E-state index in [0.717, 1.165) is 30.5 Å². The van der Waals surface area contributed by atoms with Gasteiger partial charge in [0.05, 0.1) is 18.0 Å². The first-order chi connectivity index (χ1) is 11.6. The van der Waals surface area contributed by atoms with Gasteiger partial charge < -0.3 is 10.0 Å². The number of aromatic nitrogens is 2. The summed E-state index contributed by atoms with van der Waals surface area (Å²) in [6.45, 7) is 0.605. The van der Waals surface area contributed by atoms with Gasteiger partial charge in [-0.25, -0.2) is 4.68 Å². The second-order valence-corrected chi connectivity index (χ2v) is 6.36. The van der Waals surface area contributed by atoms with Crippen molar-refractivity contribution in [2.24, 2.45) is 5.92 Å². The highest BCUT2D eigenvalue weighted by atomic mass is 16.3. The van der Waals surface area contributed by atoms with Crippen LogP contribution in [0.1, 0.15) is 24.8 Å². The van der Waals surface area contributed by atoms with E-state index in [9.17, 15) is 9.90 Å². The van der Waals surface area contributed by atoms with E-state index < -0.39 is 0 Å². The fourth-order valence-corrected chi connectivity index (χ4v) is 3.11. The molecular weight excluding hydrogens is 302 g/mol. The molecule has 126 valence electrons. The monoisotopic (exact) mass is 325 g/mol. The van der Waals surface area contributed by atoms with Crippen LogP contribution >= 0.6 is 0 Å². The lowest BCUT2D eigenvalue weighted by Crippen LogP contribution is -2.33. The summed E-state index contributed by atoms with van der Waals surface area (Å²) >= 11 is 0. The van der Waals surface area contributed by atoms with Crippen molar-refractivity contribution in [3.8, 4) is 5.69 Å². The number of para-hydroxylation sites is 1. The summed E-state index contributed by atoms with van der Waals surface area (Å²) < 4.78 is 1.78. The molecule has 5 heteroatoms. The fourth-order valence-electron chi connectivity index (χ4n) is 3.11. The largest absolute Gasteiger partial charge is 0.393 e. The Bertz CT molecular complexity index is 708. The molecule has 0 saturated heterocycles. The maximum absolute atomic E-state index is 12.2. The topological polar surface area (TPSA) is 58.4 Å². The molecule has 3 rings (SSSR count). The Hall–Kier alpha value is -2.40. The number of likely N-dealkylation sites (N-methyl/N-ethyl adjacent to an activating group) is 1. The summed E-state index contributed by atoms with van der Waals surface area (Å²) in [5, 5.41) is 14.2. The highest BCUT2D eigenvalue weighted by Crippen LogP contribution is 2.26. The third kappa shape index (κ3) is 3.92. The highest BCUT2D eigenvalue weighted by molar-refractivity contribution is 5.91. The van der Waals surface area contributed by atoms with Crippen molar-refractivity contribution >= 4 is 12.0 Å². The lowest BCUT2D eigenvalue weighted by Gasteiger charge is -2.22. The number of nitrogens with zero attached hydrogens (tertiary/aromatic N) is 3. The minimum absolute atomic E-state index is 0.0541. The van der Waals surface area contributed by atoms with Crippen molar-refractivity contribution in [2.75, 3.05) is 13.6 Å². The van der Waals surface area contributed by atoms with Gasteiger partial charge in [-0.05, 0) is 31.1 Å². The molecule has 1 amide bonds. The van der Waals surface area contributed by atoms with Crippen LogP contribution in [0.2, 0.25) is 0 Å². The number of aliphatic hydroxyl groups excluding tert-OH is 1. The van der Waals surface area contributed by atoms with Crippen LogP contribution in [0.4, 0.5) is 0 Å². The molecule has 1 aliphatic carbocycles. The van der Waals surface area contributed by atoms with E-state index in [2.05, 4.69) is 5.10 Å². The number of amides is 1. The zero-order valence-corrected chi connectivity index (χ0v) is 13.9. The predicted octanol–water partition coefficient (Wildman–Crippen LogP) is 2.50. The van der Waals surface area contributed by atoms with Crippen molar-refractivity contribution in [1.82, 2.24) is 14.7 Å². The molecule has 0 spiro atoms. The molecule has 1 aliphatic rings. The van der Waals surface area contributed by atoms with Crippen molar-refractivity contribution < 1.29 is 9.90 Å². The van der Waals surface area contributed by atoms with Gasteiger partial charge in [-0.15, -0.1) is 0 Å². The molecule has 0 radical (unpaired) electrons. The van der Waals surface area contributed by atoms with E-state index in [0.29, 0.717) is 6.54 Å². The Balaban J connectivity index is 1.59. The first-order valence-corrected chi connectivity index (χ1v) is 8.35. The zero-order valence-electron chi connectivity index (χ0n) is 13.9. The van der Waals surface area contributed by atoms with Crippen molar-refractivity contribution in [2.45, 2.75) is 25.4 Å². The minimum atomic E-state index is -0.270. The molecule has 5 nitrogen and oxygen atoms in total. The molecule has 1 N–H and O–H groups in total. The molecule has 0 bridgehead atoms. The smallest absolute Gasteiger partial charge is 0.246 e. The van der Waals surface area contributed by atoms with Crippen LogP contribution in [-0.2, 0) is 4.79 Å². The van der Waals surface area contributed by atoms with E-state index in [1.54, 1.807) is 35.0 Å². The molecule has 2 atom stereocenters. The van der Waals surface area contributed by atoms with Crippen molar-refractivity contribution in [3.63, 3.8) is 0 Å². The minimum Gasteiger partial charge on any atom is -0.393 e. The van der Waals surface area contributed by atoms with Crippen LogP contribution in [0, 0.1) is 5.92 Å². The number of benzene rings is 1. The van der Waals surface area contributed by atoms with Crippen LogP contribution < -0.4 is 0 Å². The molecule has 1 aromatic carbocycles. The first-order valence-electron chi connectivity index (χ1n) is 8.35. The molecule has 1 heterocycles. The van der Waals surface area contributed by atoms with Gasteiger partial charge >= 0.3 is 0 Å². The summed E-state index contributed by atoms with van der Waals surface area (Å²) in [7, 11) is 1.78. The fraction of sp³-hybridized carbons (Fsp3) is 0.368. The van der Waals surface area contributed by atoms with Crippen LogP contribution in [0.25, 0.3) is 11.8 Å². The van der Waals surface area contributed by atoms with Gasteiger partial charge in [0.15, 0.2) is 0 Å². The van der Waals surface area contributed by atoms with Crippen LogP contribution in [-0.4, -0.2) is 45.4 Å². The van der Waals surface area contributed by atoms with Gasteiger partial charge in [-0.3, -0.25) is 4.79 Å². The molecule has 0 aliphatic heterocycles. The second-order valence-electron chi connectivity index (χ2n) is 6.36. The molecular formula is C19H23N3O2. The van der Waals surface area contributed by atoms with E-state index in [1.807, 2.05) is 36.5 Å². The molecule has 1 aromatic heterocycles. The summed E-state index contributed by atoms with van der Waals surface area (Å²) in [5.74, 6) is 0.148. The van der Waals surface area contributed by atoms with Crippen LogP contribution in [0.5, 0.6) is 0 Å². The van der Waals surface area contributed by atoms with Gasteiger partial charge in [0, 0.05) is 37.3 Å². The Morgan fingerprint density at radius 2 is 2.17 bits per heavy atom. The zero-order chi connectivity index (χ0) is 16.9. The van der Waals surface area contributed by atoms with Gasteiger partial charge in [0.2, 0.25) is 5.91 Å². The lowest BCUT2D eigenvalue weighted by molar-refractivity contribution is -0.125. The summed E-state index contributed by atoms with van der Waals surface area (Å²) in [6, 6.07) is 9.84. The average Bonchev–Trinajstić information content (AvgIpc) is 3.23. The third-order valence-corrected chi connectivity index (χ3v) is 4.55. The highest BCUT2D eigenvalue weighted by Gasteiger charge is 2.26. The van der Waals surface area contributed by atoms with Gasteiger partial charge in [-0.2, -0.15) is 5.10 Å². The Morgan fingerprint density at radius 3 is 2.88 bits per heavy atom. The first kappa shape index (κ1) is 16.5. The second kappa shape index (κ2) is 7.45. The van der Waals surface area contributed by atoms with Crippen molar-refractivity contribution in [1.29, 1.82) is 0 Å². The molecule has 24 heavy (non-hydrogen) atoms. The van der Waals surface area contributed by atoms with Gasteiger partial charge in [0.25, 0.3) is 0 Å². The Morgan fingerprint density at radius 1 is 1.38 bits per heavy atom. The third-order valence-electron chi connectivity index (χ3n) is 4.55. The van der Waals surface area contributed by atoms with E-state index in [-0.39, 0.29) is 17.9 Å². The number of hydrogen-bond donors (Lipinski definition) is 1. The molecule has 2 aromatic rings. The number of carbonyl (C=O) groups excluding carboxylic acids is 1. The van der Waals surface area contributed by atoms with Crippen LogP contribution in [0.3, 0.4) is 0 Å². The number of carbonyl (C=O) groups is 1. The van der Waals surface area contributed by atoms with E-state index in [1.165, 1.54) is 0 Å². The molecule has 2 unspecified atom stereocenters. The Kier molecular flexibility index (Phi) is 5.11. The predicted molar refractivity (Wildman–Crippen MR) is 93.6 cm³/mol. The lowest BCUT2D eigenvalue weighted by atomic mass is 10.1. The summed E-state index contributed by atoms with van der Waals surface area (Å²) in [5.41, 5.74) is 1.86. The normalized spacial score (nSPS) is 20.6. The average molecular weight is 325 g/mol. The molecule has 1 fully saturated rings. The molecule has 1 saturated carbocycles. The summed E-state index contributed by atoms with van der Waals surface area (Å²) in [4.78, 5) is 13.9.